The van der Waals surface area contributed by atoms with Gasteiger partial charge in [-0.3, -0.25) is 19.5 Å². The van der Waals surface area contributed by atoms with Gasteiger partial charge in [0.2, 0.25) is 0 Å². The minimum atomic E-state index is -1.86. The van der Waals surface area contributed by atoms with Crippen LogP contribution in [-0.2, 0) is 35.1 Å². The Balaban J connectivity index is 1.30. The van der Waals surface area contributed by atoms with Gasteiger partial charge in [0.25, 0.3) is 5.91 Å². The summed E-state index contributed by atoms with van der Waals surface area (Å²) in [6, 6.07) is 16.7. The number of nitrogens with zero attached hydrogens (tertiary/aromatic N) is 4. The van der Waals surface area contributed by atoms with Crippen molar-refractivity contribution in [2.45, 2.75) is 125 Å². The molecule has 2 N–H and O–H groups in total. The van der Waals surface area contributed by atoms with E-state index in [2.05, 4.69) is 61.3 Å². The number of Topliss-reactive ketones (excluding diaryl/α,β-unsaturated/α-hetero) is 1. The van der Waals surface area contributed by atoms with Crippen LogP contribution in [0.3, 0.4) is 0 Å². The molecule has 1 aliphatic rings. The third-order valence-corrected chi connectivity index (χ3v) is 16.7. The molecular weight excluding hydrogens is 816 g/mol. The monoisotopic (exact) mass is 882 g/mol. The van der Waals surface area contributed by atoms with Crippen molar-refractivity contribution in [3.8, 4) is 11.1 Å². The molecule has 0 atom stereocenters. The standard InChI is InChI=1S/C49H67ClN6O5Si/c1-12-23-51-41-29-42(53-43-32-55(25-22-38(41)43)26-27-60-62(10,11)49(7,8)9)44(57)28-35-16-14-18-37(45(35)50)36-17-15-19-39(33(36)3)54-46(58)40-21-20-34(30-52-40)31-56(24-13-2)47(59)61-48(4,5)6/h14-21,29-30H,12-13,22-28,31-32H2,1-11H3,(H,51,53)(H,54,58). The van der Waals surface area contributed by atoms with Crippen molar-refractivity contribution in [3.63, 3.8) is 0 Å². The third-order valence-electron chi connectivity index (χ3n) is 11.7. The minimum Gasteiger partial charge on any atom is -0.444 e. The number of ether oxygens (including phenoxy) is 1. The van der Waals surface area contributed by atoms with E-state index in [0.29, 0.717) is 48.2 Å². The molecule has 4 aromatic rings. The van der Waals surface area contributed by atoms with Gasteiger partial charge < -0.3 is 24.7 Å². The van der Waals surface area contributed by atoms with Crippen LogP contribution in [0, 0.1) is 6.92 Å². The summed E-state index contributed by atoms with van der Waals surface area (Å²) < 4.78 is 12.1. The van der Waals surface area contributed by atoms with Crippen molar-refractivity contribution in [1.29, 1.82) is 0 Å². The van der Waals surface area contributed by atoms with Gasteiger partial charge in [-0.25, -0.2) is 9.78 Å². The molecule has 5 rings (SSSR count). The molecule has 13 heteroatoms. The summed E-state index contributed by atoms with van der Waals surface area (Å²) in [5.74, 6) is -0.475. The van der Waals surface area contributed by atoms with Gasteiger partial charge in [0.05, 0.1) is 17.3 Å². The maximum absolute atomic E-state index is 14.1. The summed E-state index contributed by atoms with van der Waals surface area (Å²) in [4.78, 5) is 53.8. The highest BCUT2D eigenvalue weighted by atomic mass is 35.5. The quantitative estimate of drug-likeness (QED) is 0.0787. The summed E-state index contributed by atoms with van der Waals surface area (Å²) in [5.41, 5.74) is 7.66. The van der Waals surface area contributed by atoms with Gasteiger partial charge >= 0.3 is 6.09 Å². The highest BCUT2D eigenvalue weighted by Crippen LogP contribution is 2.38. The zero-order valence-electron chi connectivity index (χ0n) is 38.8. The van der Waals surface area contributed by atoms with E-state index in [9.17, 15) is 14.4 Å². The zero-order valence-corrected chi connectivity index (χ0v) is 40.5. The first-order valence-corrected chi connectivity index (χ1v) is 25.3. The predicted molar refractivity (Wildman–Crippen MR) is 254 cm³/mol. The first kappa shape index (κ1) is 48.4. The van der Waals surface area contributed by atoms with Crippen LogP contribution >= 0.6 is 11.6 Å². The van der Waals surface area contributed by atoms with Crippen LogP contribution in [0.5, 0.6) is 0 Å². The maximum atomic E-state index is 14.1. The number of amides is 2. The summed E-state index contributed by atoms with van der Waals surface area (Å²) >= 11 is 7.13. The number of rotatable bonds is 17. The van der Waals surface area contributed by atoms with E-state index >= 15 is 0 Å². The van der Waals surface area contributed by atoms with Crippen LogP contribution in [0.2, 0.25) is 23.2 Å². The molecule has 0 saturated heterocycles. The maximum Gasteiger partial charge on any atom is 0.410 e. The lowest BCUT2D eigenvalue weighted by atomic mass is 9.95. The molecule has 2 aromatic heterocycles. The van der Waals surface area contributed by atoms with Crippen LogP contribution in [0.1, 0.15) is 117 Å². The second kappa shape index (κ2) is 20.7. The molecule has 62 heavy (non-hydrogen) atoms. The molecule has 2 amide bonds. The third kappa shape index (κ3) is 12.5. The lowest BCUT2D eigenvalue weighted by Crippen LogP contribution is -2.43. The second-order valence-corrected chi connectivity index (χ2v) is 24.0. The number of hydrogen-bond donors (Lipinski definition) is 2. The van der Waals surface area contributed by atoms with Crippen molar-refractivity contribution < 1.29 is 23.5 Å². The molecule has 1 aliphatic heterocycles. The minimum absolute atomic E-state index is 0.0842. The van der Waals surface area contributed by atoms with Gasteiger partial charge in [0.1, 0.15) is 17.0 Å². The van der Waals surface area contributed by atoms with Crippen molar-refractivity contribution in [2.75, 3.05) is 43.4 Å². The summed E-state index contributed by atoms with van der Waals surface area (Å²) in [5, 5.41) is 7.21. The smallest absolute Gasteiger partial charge is 0.410 e. The Morgan fingerprint density at radius 1 is 0.935 bits per heavy atom. The van der Waals surface area contributed by atoms with E-state index < -0.39 is 13.9 Å². The number of anilines is 2. The fraction of sp³-hybridized carbons (Fsp3) is 0.490. The molecule has 0 saturated carbocycles. The van der Waals surface area contributed by atoms with Crippen molar-refractivity contribution in [3.05, 3.63) is 105 Å². The first-order chi connectivity index (χ1) is 29.2. The summed E-state index contributed by atoms with van der Waals surface area (Å²) in [7, 11) is -1.86. The largest absolute Gasteiger partial charge is 0.444 e. The summed E-state index contributed by atoms with van der Waals surface area (Å²) in [6.07, 6.45) is 3.90. The normalized spacial score (nSPS) is 13.4. The number of halogens is 1. The van der Waals surface area contributed by atoms with Crippen LogP contribution in [0.4, 0.5) is 16.2 Å². The van der Waals surface area contributed by atoms with E-state index in [1.54, 1.807) is 23.2 Å². The highest BCUT2D eigenvalue weighted by Gasteiger charge is 2.37. The molecular formula is C49H67ClN6O5Si. The van der Waals surface area contributed by atoms with Gasteiger partial charge in [-0.15, -0.1) is 0 Å². The molecule has 334 valence electrons. The molecule has 0 radical (unpaired) electrons. The molecule has 0 bridgehead atoms. The molecule has 0 unspecified atom stereocenters. The highest BCUT2D eigenvalue weighted by molar-refractivity contribution is 6.74. The predicted octanol–water partition coefficient (Wildman–Crippen LogP) is 11.1. The van der Waals surface area contributed by atoms with E-state index in [-0.39, 0.29) is 34.9 Å². The summed E-state index contributed by atoms with van der Waals surface area (Å²) in [6.45, 7) is 27.7. The van der Waals surface area contributed by atoms with Gasteiger partial charge in [-0.1, -0.05) is 82.6 Å². The van der Waals surface area contributed by atoms with Crippen molar-refractivity contribution >= 4 is 49.1 Å². The number of pyridine rings is 2. The first-order valence-electron chi connectivity index (χ1n) is 22.0. The Labute approximate surface area is 375 Å². The van der Waals surface area contributed by atoms with Gasteiger partial charge in [0.15, 0.2) is 14.1 Å². The Bertz CT molecular complexity index is 2220. The number of benzene rings is 2. The topological polar surface area (TPSA) is 126 Å². The number of fused-ring (bicyclic) bond motifs is 1. The average molecular weight is 884 g/mol. The Morgan fingerprint density at radius 2 is 1.66 bits per heavy atom. The molecule has 0 spiro atoms. The Kier molecular flexibility index (Phi) is 16.2. The number of ketones is 1. The molecule has 3 heterocycles. The lowest BCUT2D eigenvalue weighted by Gasteiger charge is -2.37. The molecule has 11 nitrogen and oxygen atoms in total. The average Bonchev–Trinajstić information content (AvgIpc) is 3.20. The Hall–Kier alpha value is -4.62. The SMILES string of the molecule is CCCNc1cc(C(=O)Cc2cccc(-c3cccc(NC(=O)c4ccc(CN(CCC)C(=O)OC(C)(C)C)cn4)c3C)c2Cl)nc2c1CCN(CCO[Si](C)(C)C(C)(C)C)C2. The molecule has 2 aromatic carbocycles. The fourth-order valence-electron chi connectivity index (χ4n) is 7.13. The van der Waals surface area contributed by atoms with Gasteiger partial charge in [-0.2, -0.15) is 0 Å². The van der Waals surface area contributed by atoms with Crippen molar-refractivity contribution in [2.24, 2.45) is 0 Å². The number of hydrogen-bond acceptors (Lipinski definition) is 9. The van der Waals surface area contributed by atoms with E-state index in [1.807, 2.05) is 77.1 Å². The lowest BCUT2D eigenvalue weighted by molar-refractivity contribution is 0.0233. The van der Waals surface area contributed by atoms with Crippen molar-refractivity contribution in [1.82, 2.24) is 19.8 Å². The number of aromatic nitrogens is 2. The van der Waals surface area contributed by atoms with Crippen LogP contribution in [0.25, 0.3) is 11.1 Å². The van der Waals surface area contributed by atoms with E-state index in [1.165, 1.54) is 5.56 Å². The molecule has 0 aliphatic carbocycles. The molecule has 0 fully saturated rings. The number of nitrogens with one attached hydrogen (secondary N) is 2. The number of carbonyl (C=O) groups is 3. The fourth-order valence-corrected chi connectivity index (χ4v) is 8.46. The van der Waals surface area contributed by atoms with Crippen LogP contribution < -0.4 is 10.6 Å². The second-order valence-electron chi connectivity index (χ2n) is 18.8. The van der Waals surface area contributed by atoms with E-state index in [4.69, 9.17) is 25.7 Å². The van der Waals surface area contributed by atoms with Gasteiger partial charge in [0, 0.05) is 68.9 Å². The zero-order chi connectivity index (χ0) is 45.4. The van der Waals surface area contributed by atoms with E-state index in [0.717, 1.165) is 72.5 Å². The van der Waals surface area contributed by atoms with Crippen LogP contribution in [-0.4, -0.2) is 84.3 Å². The number of carbonyl (C=O) groups excluding carboxylic acids is 3. The van der Waals surface area contributed by atoms with Gasteiger partial charge in [-0.05, 0) is 111 Å². The Morgan fingerprint density at radius 3 is 2.32 bits per heavy atom. The van der Waals surface area contributed by atoms with Crippen LogP contribution in [0.15, 0.2) is 60.8 Å².